The van der Waals surface area contributed by atoms with E-state index in [9.17, 15) is 0 Å². The predicted octanol–water partition coefficient (Wildman–Crippen LogP) is 5.59. The zero-order valence-corrected chi connectivity index (χ0v) is 13.3. The Balaban J connectivity index is 2.23. The second-order valence-electron chi connectivity index (χ2n) is 4.03. The molecule has 2 heterocycles. The number of halogens is 1. The molecular weight excluding hydrogens is 296 g/mol. The Morgan fingerprint density at radius 3 is 3.00 bits per heavy atom. The molecule has 0 aliphatic carbocycles. The van der Waals surface area contributed by atoms with Crippen LogP contribution in [-0.4, -0.2) is 11.2 Å². The van der Waals surface area contributed by atoms with Crippen molar-refractivity contribution in [2.45, 2.75) is 26.7 Å². The zero-order chi connectivity index (χ0) is 13.7. The third-order valence-corrected chi connectivity index (χ3v) is 4.94. The molecule has 0 fully saturated rings. The number of thiophene rings is 1. The second-order valence-corrected chi connectivity index (χ2v) is 6.65. The van der Waals surface area contributed by atoms with Gasteiger partial charge in [-0.15, -0.1) is 22.7 Å². The molecule has 0 aliphatic rings. The van der Waals surface area contributed by atoms with Gasteiger partial charge in [-0.2, -0.15) is 0 Å². The quantitative estimate of drug-likeness (QED) is 0.661. The smallest absolute Gasteiger partial charge is 0.133 e. The number of hydrogen-bond donors (Lipinski definition) is 0. The maximum Gasteiger partial charge on any atom is 0.133 e. The van der Waals surface area contributed by atoms with Crippen LogP contribution in [-0.2, 0) is 6.42 Å². The molecule has 0 N–H and O–H groups in total. The minimum atomic E-state index is 0.988. The van der Waals surface area contributed by atoms with Crippen LogP contribution in [0.15, 0.2) is 28.9 Å². The fourth-order valence-corrected chi connectivity index (χ4v) is 3.74. The van der Waals surface area contributed by atoms with E-state index in [1.54, 1.807) is 35.0 Å². The van der Waals surface area contributed by atoms with Gasteiger partial charge in [-0.3, -0.25) is 4.99 Å². The average Bonchev–Trinajstić information content (AvgIpc) is 2.98. The van der Waals surface area contributed by atoms with Crippen LogP contribution < -0.4 is 0 Å². The monoisotopic (exact) mass is 310 g/mol. The molecule has 2 aromatic rings. The summed E-state index contributed by atoms with van der Waals surface area (Å²) in [5.74, 6) is 0. The molecule has 0 atom stereocenters. The Hall–Kier alpha value is -0.970. The van der Waals surface area contributed by atoms with E-state index in [-0.39, 0.29) is 0 Å². The lowest BCUT2D eigenvalue weighted by molar-refractivity contribution is 0.936. The van der Waals surface area contributed by atoms with Crippen LogP contribution in [0.3, 0.4) is 0 Å². The summed E-state index contributed by atoms with van der Waals surface area (Å²) < 4.78 is 0. The van der Waals surface area contributed by atoms with Crippen molar-refractivity contribution in [1.29, 1.82) is 0 Å². The van der Waals surface area contributed by atoms with E-state index in [0.29, 0.717) is 0 Å². The summed E-state index contributed by atoms with van der Waals surface area (Å²) in [6.07, 6.45) is 7.66. The molecule has 5 heteroatoms. The van der Waals surface area contributed by atoms with Gasteiger partial charge in [-0.1, -0.05) is 24.9 Å². The van der Waals surface area contributed by atoms with Crippen molar-refractivity contribution in [3.8, 4) is 9.88 Å². The van der Waals surface area contributed by atoms with Gasteiger partial charge in [0, 0.05) is 27.7 Å². The van der Waals surface area contributed by atoms with Gasteiger partial charge in [0.1, 0.15) is 5.01 Å². The molecule has 0 radical (unpaired) electrons. The minimum absolute atomic E-state index is 0.988. The molecule has 100 valence electrons. The highest BCUT2D eigenvalue weighted by atomic mass is 35.5. The summed E-state index contributed by atoms with van der Waals surface area (Å²) in [4.78, 5) is 12.6. The molecule has 2 rings (SSSR count). The van der Waals surface area contributed by atoms with Crippen molar-refractivity contribution in [3.63, 3.8) is 0 Å². The third-order valence-electron chi connectivity index (χ3n) is 2.52. The second kappa shape index (κ2) is 6.98. The van der Waals surface area contributed by atoms with Gasteiger partial charge in [-0.05, 0) is 25.5 Å². The summed E-state index contributed by atoms with van der Waals surface area (Å²) >= 11 is 8.97. The van der Waals surface area contributed by atoms with E-state index < -0.39 is 0 Å². The highest BCUT2D eigenvalue weighted by Crippen LogP contribution is 2.37. The van der Waals surface area contributed by atoms with Crippen LogP contribution in [0.25, 0.3) is 9.88 Å². The molecule has 0 bridgehead atoms. The molecule has 0 saturated carbocycles. The lowest BCUT2D eigenvalue weighted by Gasteiger charge is -1.88. The molecule has 19 heavy (non-hydrogen) atoms. The summed E-state index contributed by atoms with van der Waals surface area (Å²) in [7, 11) is 0. The van der Waals surface area contributed by atoms with Crippen molar-refractivity contribution < 1.29 is 0 Å². The number of rotatable bonds is 5. The van der Waals surface area contributed by atoms with E-state index in [1.165, 1.54) is 20.2 Å². The fraction of sp³-hybridized carbons (Fsp3) is 0.286. The highest BCUT2D eigenvalue weighted by Gasteiger charge is 2.10. The molecule has 0 spiro atoms. The molecule has 0 saturated heterocycles. The number of aromatic nitrogens is 1. The predicted molar refractivity (Wildman–Crippen MR) is 87.3 cm³/mol. The van der Waals surface area contributed by atoms with Crippen molar-refractivity contribution >= 4 is 46.2 Å². The van der Waals surface area contributed by atoms with Crippen LogP contribution in [0.2, 0.25) is 0 Å². The first-order valence-corrected chi connectivity index (χ1v) is 8.16. The van der Waals surface area contributed by atoms with Crippen LogP contribution in [0.4, 0.5) is 5.69 Å². The van der Waals surface area contributed by atoms with E-state index >= 15 is 0 Å². The minimum Gasteiger partial charge on any atom is -0.256 e. The molecular formula is C14H15ClN2S2. The number of hydrogen-bond acceptors (Lipinski definition) is 4. The van der Waals surface area contributed by atoms with Crippen molar-refractivity contribution in [2.75, 3.05) is 0 Å². The standard InChI is InChI=1S/C14H15ClN2S2/c1-3-5-11-9-17-14(19-11)13-8-12(10(2)18-13)16-7-4-6-15/h4,6-9H,3,5H2,1-2H3/b6-4+,16-7?. The third kappa shape index (κ3) is 3.75. The van der Waals surface area contributed by atoms with Gasteiger partial charge in [0.15, 0.2) is 0 Å². The maximum absolute atomic E-state index is 5.46. The maximum atomic E-state index is 5.46. The molecule has 0 aliphatic heterocycles. The van der Waals surface area contributed by atoms with Gasteiger partial charge in [0.2, 0.25) is 0 Å². The van der Waals surface area contributed by atoms with E-state index in [4.69, 9.17) is 11.6 Å². The van der Waals surface area contributed by atoms with Gasteiger partial charge < -0.3 is 0 Å². The number of aliphatic imine (C=N–C) groups is 1. The average molecular weight is 311 g/mol. The first kappa shape index (κ1) is 14.4. The van der Waals surface area contributed by atoms with E-state index in [2.05, 4.69) is 29.9 Å². The van der Waals surface area contributed by atoms with Crippen LogP contribution in [0.1, 0.15) is 23.1 Å². The summed E-state index contributed by atoms with van der Waals surface area (Å²) in [6, 6.07) is 2.09. The number of nitrogens with zero attached hydrogens (tertiary/aromatic N) is 2. The molecule has 2 aromatic heterocycles. The molecule has 0 aromatic carbocycles. The molecule has 2 nitrogen and oxygen atoms in total. The largest absolute Gasteiger partial charge is 0.256 e. The number of allylic oxidation sites excluding steroid dienone is 1. The van der Waals surface area contributed by atoms with Gasteiger partial charge >= 0.3 is 0 Å². The van der Waals surface area contributed by atoms with Crippen LogP contribution in [0.5, 0.6) is 0 Å². The Bertz CT molecular complexity index is 596. The van der Waals surface area contributed by atoms with Crippen LogP contribution in [0, 0.1) is 6.92 Å². The summed E-state index contributed by atoms with van der Waals surface area (Å²) in [6.45, 7) is 4.26. The normalized spacial score (nSPS) is 11.9. The Kier molecular flexibility index (Phi) is 5.31. The fourth-order valence-electron chi connectivity index (χ4n) is 1.65. The first-order valence-electron chi connectivity index (χ1n) is 6.09. The summed E-state index contributed by atoms with van der Waals surface area (Å²) in [5, 5.41) is 1.09. The lowest BCUT2D eigenvalue weighted by Crippen LogP contribution is -1.72. The Morgan fingerprint density at radius 2 is 2.26 bits per heavy atom. The van der Waals surface area contributed by atoms with Gasteiger partial charge in [0.05, 0.1) is 10.6 Å². The number of aryl methyl sites for hydroxylation is 2. The Morgan fingerprint density at radius 1 is 1.42 bits per heavy atom. The van der Waals surface area contributed by atoms with Crippen molar-refractivity contribution in [1.82, 2.24) is 4.98 Å². The van der Waals surface area contributed by atoms with E-state index in [0.717, 1.165) is 23.5 Å². The molecule has 0 unspecified atom stereocenters. The van der Waals surface area contributed by atoms with Crippen molar-refractivity contribution in [2.24, 2.45) is 4.99 Å². The zero-order valence-electron chi connectivity index (χ0n) is 10.9. The van der Waals surface area contributed by atoms with Gasteiger partial charge in [0.25, 0.3) is 0 Å². The topological polar surface area (TPSA) is 25.2 Å². The Labute approximate surface area is 126 Å². The first-order chi connectivity index (χ1) is 9.24. The SMILES string of the molecule is CCCc1cnc(-c2cc(N=C/C=C/Cl)c(C)s2)s1. The van der Waals surface area contributed by atoms with Crippen molar-refractivity contribution in [3.05, 3.63) is 33.6 Å². The van der Waals surface area contributed by atoms with Gasteiger partial charge in [-0.25, -0.2) is 4.98 Å². The highest BCUT2D eigenvalue weighted by molar-refractivity contribution is 7.22. The molecule has 0 amide bonds. The van der Waals surface area contributed by atoms with Crippen LogP contribution >= 0.6 is 34.3 Å². The number of thiazole rings is 1. The lowest BCUT2D eigenvalue weighted by atomic mass is 10.3. The summed E-state index contributed by atoms with van der Waals surface area (Å²) in [5.41, 5.74) is 2.44. The van der Waals surface area contributed by atoms with E-state index in [1.807, 2.05) is 6.20 Å².